The molecular formula is C19H25N3O2S. The van der Waals surface area contributed by atoms with E-state index in [4.69, 9.17) is 14.7 Å². The molecule has 1 saturated carbocycles. The topological polar surface area (TPSA) is 58.5 Å². The maximum atomic E-state index is 9.58. The van der Waals surface area contributed by atoms with Gasteiger partial charge in [0.15, 0.2) is 0 Å². The van der Waals surface area contributed by atoms with Gasteiger partial charge in [-0.15, -0.1) is 11.3 Å². The largest absolute Gasteiger partial charge is 0.394 e. The third kappa shape index (κ3) is 2.75. The normalized spacial score (nSPS) is 26.9. The molecule has 0 spiro atoms. The minimum atomic E-state index is -0.125. The lowest BCUT2D eigenvalue weighted by Gasteiger charge is -2.38. The van der Waals surface area contributed by atoms with Gasteiger partial charge in [0.2, 0.25) is 0 Å². The van der Waals surface area contributed by atoms with Crippen molar-refractivity contribution in [2.45, 2.75) is 63.5 Å². The van der Waals surface area contributed by atoms with Crippen LogP contribution in [0.4, 0.5) is 5.82 Å². The monoisotopic (exact) mass is 359 g/mol. The van der Waals surface area contributed by atoms with Gasteiger partial charge < -0.3 is 14.7 Å². The summed E-state index contributed by atoms with van der Waals surface area (Å²) in [6.45, 7) is 3.60. The lowest BCUT2D eigenvalue weighted by Crippen LogP contribution is -2.50. The van der Waals surface area contributed by atoms with Gasteiger partial charge in [-0.1, -0.05) is 0 Å². The first kappa shape index (κ1) is 16.0. The molecule has 134 valence electrons. The molecule has 0 amide bonds. The SMILES string of the molecule is CC1COC(CO)CN1c1nc(C2CC2)nc2sc3c(c12)CCCC3. The fourth-order valence-corrected chi connectivity index (χ4v) is 5.37. The molecule has 0 radical (unpaired) electrons. The Balaban J connectivity index is 1.67. The van der Waals surface area contributed by atoms with E-state index < -0.39 is 0 Å². The van der Waals surface area contributed by atoms with E-state index in [0.717, 1.165) is 18.1 Å². The summed E-state index contributed by atoms with van der Waals surface area (Å²) in [7, 11) is 0. The second kappa shape index (κ2) is 6.18. The Labute approximate surface area is 152 Å². The molecule has 1 N–H and O–H groups in total. The van der Waals surface area contributed by atoms with Gasteiger partial charge in [-0.05, 0) is 51.0 Å². The molecule has 3 aliphatic rings. The molecular weight excluding hydrogens is 334 g/mol. The van der Waals surface area contributed by atoms with E-state index in [1.54, 1.807) is 0 Å². The highest BCUT2D eigenvalue weighted by molar-refractivity contribution is 7.19. The molecule has 6 heteroatoms. The summed E-state index contributed by atoms with van der Waals surface area (Å²) in [5.41, 5.74) is 1.49. The van der Waals surface area contributed by atoms with E-state index >= 15 is 0 Å². The lowest BCUT2D eigenvalue weighted by atomic mass is 9.96. The quantitative estimate of drug-likeness (QED) is 0.913. The summed E-state index contributed by atoms with van der Waals surface area (Å²) in [4.78, 5) is 15.1. The zero-order valence-electron chi connectivity index (χ0n) is 14.7. The molecule has 1 saturated heterocycles. The van der Waals surface area contributed by atoms with Gasteiger partial charge in [0.1, 0.15) is 16.5 Å². The number of fused-ring (bicyclic) bond motifs is 3. The number of aliphatic hydroxyl groups is 1. The van der Waals surface area contributed by atoms with Crippen LogP contribution in [0, 0.1) is 0 Å². The van der Waals surface area contributed by atoms with E-state index in [1.807, 2.05) is 11.3 Å². The van der Waals surface area contributed by atoms with Crippen molar-refractivity contribution in [1.82, 2.24) is 9.97 Å². The number of hydrogen-bond donors (Lipinski definition) is 1. The van der Waals surface area contributed by atoms with Crippen LogP contribution in [0.15, 0.2) is 0 Å². The molecule has 3 heterocycles. The molecule has 5 nitrogen and oxygen atoms in total. The van der Waals surface area contributed by atoms with Crippen molar-refractivity contribution in [1.29, 1.82) is 0 Å². The number of aliphatic hydroxyl groups excluding tert-OH is 1. The number of aromatic nitrogens is 2. The average Bonchev–Trinajstić information content (AvgIpc) is 3.42. The maximum Gasteiger partial charge on any atom is 0.141 e. The van der Waals surface area contributed by atoms with Crippen molar-refractivity contribution >= 4 is 27.4 Å². The van der Waals surface area contributed by atoms with Crippen LogP contribution in [0.1, 0.15) is 54.8 Å². The van der Waals surface area contributed by atoms with E-state index in [2.05, 4.69) is 11.8 Å². The Hall–Kier alpha value is -1.24. The van der Waals surface area contributed by atoms with Gasteiger partial charge in [-0.3, -0.25) is 0 Å². The van der Waals surface area contributed by atoms with E-state index in [9.17, 15) is 5.11 Å². The third-order valence-electron chi connectivity index (χ3n) is 5.74. The Morgan fingerprint density at radius 1 is 1.24 bits per heavy atom. The molecule has 2 atom stereocenters. The van der Waals surface area contributed by atoms with Crippen molar-refractivity contribution in [2.24, 2.45) is 0 Å². The van der Waals surface area contributed by atoms with E-state index in [0.29, 0.717) is 19.1 Å². The van der Waals surface area contributed by atoms with Gasteiger partial charge in [-0.2, -0.15) is 0 Å². The standard InChI is InChI=1S/C19H25N3O2S/c1-11-10-24-13(9-23)8-22(11)18-16-14-4-2-3-5-15(14)25-19(16)21-17(20-18)12-6-7-12/h11-13,23H,2-10H2,1H3. The Morgan fingerprint density at radius 2 is 2.08 bits per heavy atom. The Morgan fingerprint density at radius 3 is 2.88 bits per heavy atom. The van der Waals surface area contributed by atoms with Crippen LogP contribution in [-0.2, 0) is 17.6 Å². The van der Waals surface area contributed by atoms with Gasteiger partial charge in [0.05, 0.1) is 30.7 Å². The smallest absolute Gasteiger partial charge is 0.141 e. The molecule has 5 rings (SSSR count). The number of ether oxygens (including phenoxy) is 1. The number of morpholine rings is 1. The molecule has 0 bridgehead atoms. The van der Waals surface area contributed by atoms with Gasteiger partial charge >= 0.3 is 0 Å². The van der Waals surface area contributed by atoms with Crippen LogP contribution in [0.5, 0.6) is 0 Å². The molecule has 2 unspecified atom stereocenters. The maximum absolute atomic E-state index is 9.58. The van der Waals surface area contributed by atoms with Crippen molar-refractivity contribution < 1.29 is 9.84 Å². The highest BCUT2D eigenvalue weighted by atomic mass is 32.1. The number of hydrogen-bond acceptors (Lipinski definition) is 6. The van der Waals surface area contributed by atoms with E-state index in [-0.39, 0.29) is 18.8 Å². The summed E-state index contributed by atoms with van der Waals surface area (Å²) < 4.78 is 5.75. The summed E-state index contributed by atoms with van der Waals surface area (Å²) in [5.74, 6) is 2.67. The van der Waals surface area contributed by atoms with Gasteiger partial charge in [0, 0.05) is 17.3 Å². The summed E-state index contributed by atoms with van der Waals surface area (Å²) in [5, 5.41) is 10.9. The summed E-state index contributed by atoms with van der Waals surface area (Å²) in [6.07, 6.45) is 7.20. The van der Waals surface area contributed by atoms with Crippen molar-refractivity contribution in [3.8, 4) is 0 Å². The first-order valence-corrected chi connectivity index (χ1v) is 10.4. The highest BCUT2D eigenvalue weighted by Crippen LogP contribution is 2.44. The Kier molecular flexibility index (Phi) is 3.95. The molecule has 1 aliphatic heterocycles. The van der Waals surface area contributed by atoms with Crippen LogP contribution in [0.2, 0.25) is 0 Å². The Bertz CT molecular complexity index is 802. The first-order valence-electron chi connectivity index (χ1n) is 9.56. The second-order valence-electron chi connectivity index (χ2n) is 7.71. The number of rotatable bonds is 3. The zero-order chi connectivity index (χ0) is 17.0. The molecule has 2 aliphatic carbocycles. The fraction of sp³-hybridized carbons (Fsp3) is 0.684. The number of aryl methyl sites for hydroxylation is 2. The fourth-order valence-electron chi connectivity index (χ4n) is 4.11. The van der Waals surface area contributed by atoms with Gasteiger partial charge in [-0.25, -0.2) is 9.97 Å². The zero-order valence-corrected chi connectivity index (χ0v) is 15.5. The summed E-state index contributed by atoms with van der Waals surface area (Å²) >= 11 is 1.89. The predicted molar refractivity (Wildman–Crippen MR) is 99.7 cm³/mol. The highest BCUT2D eigenvalue weighted by Gasteiger charge is 2.33. The van der Waals surface area contributed by atoms with Gasteiger partial charge in [0.25, 0.3) is 0 Å². The van der Waals surface area contributed by atoms with Crippen LogP contribution < -0.4 is 4.90 Å². The van der Waals surface area contributed by atoms with Crippen LogP contribution in [0.25, 0.3) is 10.2 Å². The molecule has 2 aromatic rings. The van der Waals surface area contributed by atoms with Crippen LogP contribution >= 0.6 is 11.3 Å². The molecule has 2 aromatic heterocycles. The van der Waals surface area contributed by atoms with Crippen LogP contribution in [0.3, 0.4) is 0 Å². The number of anilines is 1. The van der Waals surface area contributed by atoms with Crippen molar-refractivity contribution in [2.75, 3.05) is 24.7 Å². The van der Waals surface area contributed by atoms with Crippen LogP contribution in [-0.4, -0.2) is 47.0 Å². The number of thiophene rings is 1. The second-order valence-corrected chi connectivity index (χ2v) is 8.79. The summed E-state index contributed by atoms with van der Waals surface area (Å²) in [6, 6.07) is 0.270. The first-order chi connectivity index (χ1) is 12.2. The van der Waals surface area contributed by atoms with E-state index in [1.165, 1.54) is 52.8 Å². The average molecular weight is 359 g/mol. The lowest BCUT2D eigenvalue weighted by molar-refractivity contribution is -0.0105. The minimum absolute atomic E-state index is 0.0642. The molecule has 25 heavy (non-hydrogen) atoms. The van der Waals surface area contributed by atoms with Crippen molar-refractivity contribution in [3.05, 3.63) is 16.3 Å². The minimum Gasteiger partial charge on any atom is -0.394 e. The third-order valence-corrected chi connectivity index (χ3v) is 6.92. The van der Waals surface area contributed by atoms with Crippen molar-refractivity contribution in [3.63, 3.8) is 0 Å². The molecule has 2 fully saturated rings. The predicted octanol–water partition coefficient (Wildman–Crippen LogP) is 3.03. The molecule has 0 aromatic carbocycles. The number of nitrogens with zero attached hydrogens (tertiary/aromatic N) is 3.